The largest absolute Gasteiger partial charge is 0.490 e. The third-order valence-corrected chi connectivity index (χ3v) is 4.94. The Morgan fingerprint density at radius 2 is 1.93 bits per heavy atom. The number of carbonyl (C=O) groups excluding carboxylic acids is 1. The van der Waals surface area contributed by atoms with Crippen LogP contribution in [0.15, 0.2) is 76.8 Å². The number of hydrogen-bond donors (Lipinski definition) is 1. The van der Waals surface area contributed by atoms with Gasteiger partial charge in [-0.25, -0.2) is 13.6 Å². The topological polar surface area (TPSA) is 102 Å². The van der Waals surface area contributed by atoms with E-state index in [1.165, 1.54) is 29.3 Å². The summed E-state index contributed by atoms with van der Waals surface area (Å²) in [5.74, 6) is 0.364. The summed E-state index contributed by atoms with van der Waals surface area (Å²) in [6.45, 7) is 5.74. The highest BCUT2D eigenvalue weighted by Gasteiger charge is 2.28. The molecule has 0 radical (unpaired) electrons. The summed E-state index contributed by atoms with van der Waals surface area (Å²) in [6.07, 6.45) is 3.39. The molecule has 1 heterocycles. The van der Waals surface area contributed by atoms with Crippen LogP contribution >= 0.6 is 0 Å². The summed E-state index contributed by atoms with van der Waals surface area (Å²) in [4.78, 5) is 12.8. The summed E-state index contributed by atoms with van der Waals surface area (Å²) < 4.78 is 28.3. The lowest BCUT2D eigenvalue weighted by Crippen LogP contribution is -2.21. The van der Waals surface area contributed by atoms with Crippen LogP contribution in [0.25, 0.3) is 6.08 Å². The van der Waals surface area contributed by atoms with Crippen LogP contribution in [0.4, 0.5) is 5.69 Å². The summed E-state index contributed by atoms with van der Waals surface area (Å²) in [7, 11) is -3.80. The van der Waals surface area contributed by atoms with E-state index >= 15 is 0 Å². The lowest BCUT2D eigenvalue weighted by molar-refractivity contribution is -0.114. The first-order valence-corrected chi connectivity index (χ1v) is 9.92. The fourth-order valence-electron chi connectivity index (χ4n) is 2.65. The second kappa shape index (κ2) is 7.79. The van der Waals surface area contributed by atoms with Gasteiger partial charge in [-0.2, -0.15) is 10.1 Å². The predicted octanol–water partition coefficient (Wildman–Crippen LogP) is 2.70. The molecule has 0 aliphatic carbocycles. The lowest BCUT2D eigenvalue weighted by Gasteiger charge is -2.12. The van der Waals surface area contributed by atoms with E-state index in [1.54, 1.807) is 19.1 Å². The van der Waals surface area contributed by atoms with Crippen LogP contribution in [0.3, 0.4) is 0 Å². The molecule has 144 valence electrons. The van der Waals surface area contributed by atoms with E-state index < -0.39 is 10.0 Å². The van der Waals surface area contributed by atoms with E-state index in [2.05, 4.69) is 11.7 Å². The quantitative estimate of drug-likeness (QED) is 0.598. The number of anilines is 1. The van der Waals surface area contributed by atoms with Crippen LogP contribution in [0.5, 0.6) is 5.75 Å². The molecule has 1 aliphatic heterocycles. The van der Waals surface area contributed by atoms with Crippen molar-refractivity contribution in [2.24, 2.45) is 10.2 Å². The average molecular weight is 397 g/mol. The SMILES string of the molecule is C=CCOc1cccc(/C=C2\C(=O)N(c3ccc(S(N)(=O)=O)cc3)N=C2C)c1. The molecule has 0 aromatic heterocycles. The number of hydrogen-bond acceptors (Lipinski definition) is 5. The summed E-state index contributed by atoms with van der Waals surface area (Å²) in [5.41, 5.74) is 2.24. The normalized spacial score (nSPS) is 15.6. The second-order valence-corrected chi connectivity index (χ2v) is 7.63. The van der Waals surface area contributed by atoms with Gasteiger partial charge in [0.2, 0.25) is 10.0 Å². The van der Waals surface area contributed by atoms with Gasteiger partial charge in [0.05, 0.1) is 21.9 Å². The fraction of sp³-hybridized carbons (Fsp3) is 0.100. The monoisotopic (exact) mass is 397 g/mol. The van der Waals surface area contributed by atoms with Gasteiger partial charge in [0, 0.05) is 0 Å². The van der Waals surface area contributed by atoms with Gasteiger partial charge in [0.1, 0.15) is 12.4 Å². The number of amides is 1. The third kappa shape index (κ3) is 4.19. The fourth-order valence-corrected chi connectivity index (χ4v) is 3.17. The third-order valence-electron chi connectivity index (χ3n) is 4.01. The minimum absolute atomic E-state index is 0.0318. The molecule has 0 unspecified atom stereocenters. The average Bonchev–Trinajstić information content (AvgIpc) is 2.94. The molecule has 7 nitrogen and oxygen atoms in total. The summed E-state index contributed by atoms with van der Waals surface area (Å²) in [5, 5.41) is 10.6. The van der Waals surface area contributed by atoms with E-state index in [1.807, 2.05) is 24.3 Å². The zero-order valence-corrected chi connectivity index (χ0v) is 16.0. The maximum atomic E-state index is 12.8. The number of nitrogens with zero attached hydrogens (tertiary/aromatic N) is 2. The number of rotatable bonds is 6. The number of hydrazone groups is 1. The van der Waals surface area contributed by atoms with Gasteiger partial charge in [-0.3, -0.25) is 4.79 Å². The predicted molar refractivity (Wildman–Crippen MR) is 109 cm³/mol. The minimum atomic E-state index is -3.80. The van der Waals surface area contributed by atoms with Crippen molar-refractivity contribution in [3.8, 4) is 5.75 Å². The molecule has 3 rings (SSSR count). The number of benzene rings is 2. The van der Waals surface area contributed by atoms with Crippen molar-refractivity contribution in [1.29, 1.82) is 0 Å². The van der Waals surface area contributed by atoms with Crippen molar-refractivity contribution < 1.29 is 17.9 Å². The van der Waals surface area contributed by atoms with E-state index in [0.717, 1.165) is 5.56 Å². The first kappa shape index (κ1) is 19.5. The van der Waals surface area contributed by atoms with E-state index in [-0.39, 0.29) is 10.8 Å². The molecule has 2 aromatic carbocycles. The Balaban J connectivity index is 1.86. The van der Waals surface area contributed by atoms with E-state index in [0.29, 0.717) is 29.3 Å². The zero-order chi connectivity index (χ0) is 20.3. The maximum absolute atomic E-state index is 12.8. The van der Waals surface area contributed by atoms with Crippen molar-refractivity contribution in [2.75, 3.05) is 11.6 Å². The first-order valence-electron chi connectivity index (χ1n) is 8.38. The second-order valence-electron chi connectivity index (χ2n) is 6.07. The van der Waals surface area contributed by atoms with Crippen LogP contribution in [0.1, 0.15) is 12.5 Å². The Morgan fingerprint density at radius 3 is 2.57 bits per heavy atom. The molecule has 28 heavy (non-hydrogen) atoms. The van der Waals surface area contributed by atoms with Crippen LogP contribution in [-0.2, 0) is 14.8 Å². The molecule has 2 N–H and O–H groups in total. The van der Waals surface area contributed by atoms with Crippen molar-refractivity contribution in [3.63, 3.8) is 0 Å². The molecule has 0 spiro atoms. The molecule has 1 amide bonds. The minimum Gasteiger partial charge on any atom is -0.490 e. The molecular weight excluding hydrogens is 378 g/mol. The van der Waals surface area contributed by atoms with Gasteiger partial charge in [0.25, 0.3) is 5.91 Å². The van der Waals surface area contributed by atoms with Gasteiger partial charge in [-0.05, 0) is 55.0 Å². The first-order chi connectivity index (χ1) is 13.3. The molecule has 2 aromatic rings. The molecular formula is C20H19N3O4S. The van der Waals surface area contributed by atoms with Crippen molar-refractivity contribution >= 4 is 33.4 Å². The van der Waals surface area contributed by atoms with Gasteiger partial charge in [-0.15, -0.1) is 0 Å². The molecule has 1 aliphatic rings. The van der Waals surface area contributed by atoms with Crippen LogP contribution in [-0.4, -0.2) is 26.6 Å². The van der Waals surface area contributed by atoms with Crippen molar-refractivity contribution in [3.05, 3.63) is 72.3 Å². The van der Waals surface area contributed by atoms with Gasteiger partial charge in [0.15, 0.2) is 0 Å². The standard InChI is InChI=1S/C20H19N3O4S/c1-3-11-27-17-6-4-5-15(12-17)13-19-14(2)22-23(20(19)24)16-7-9-18(10-8-16)28(21,25)26/h3-10,12-13H,1,11H2,2H3,(H2,21,25,26)/b19-13-. The highest BCUT2D eigenvalue weighted by Crippen LogP contribution is 2.26. The number of carbonyl (C=O) groups is 1. The number of sulfonamides is 1. The highest BCUT2D eigenvalue weighted by molar-refractivity contribution is 7.89. The Bertz CT molecular complexity index is 1090. The molecule has 0 fully saturated rings. The Hall–Kier alpha value is -3.23. The Labute approximate surface area is 163 Å². The molecule has 8 heteroatoms. The lowest BCUT2D eigenvalue weighted by atomic mass is 10.1. The number of primary sulfonamides is 1. The van der Waals surface area contributed by atoms with Crippen LogP contribution in [0.2, 0.25) is 0 Å². The summed E-state index contributed by atoms with van der Waals surface area (Å²) in [6, 6.07) is 13.0. The van der Waals surface area contributed by atoms with E-state index in [4.69, 9.17) is 9.88 Å². The smallest absolute Gasteiger partial charge is 0.280 e. The van der Waals surface area contributed by atoms with Crippen molar-refractivity contribution in [1.82, 2.24) is 0 Å². The zero-order valence-electron chi connectivity index (χ0n) is 15.2. The van der Waals surface area contributed by atoms with Crippen LogP contribution in [0, 0.1) is 0 Å². The van der Waals surface area contributed by atoms with Gasteiger partial charge in [-0.1, -0.05) is 24.8 Å². The number of nitrogens with two attached hydrogens (primary N) is 1. The Kier molecular flexibility index (Phi) is 5.43. The Morgan fingerprint density at radius 1 is 1.21 bits per heavy atom. The molecule has 0 atom stereocenters. The number of ether oxygens (including phenoxy) is 1. The molecule has 0 bridgehead atoms. The highest BCUT2D eigenvalue weighted by atomic mass is 32.2. The summed E-state index contributed by atoms with van der Waals surface area (Å²) >= 11 is 0. The molecule has 0 saturated heterocycles. The van der Waals surface area contributed by atoms with Gasteiger partial charge < -0.3 is 4.74 Å². The maximum Gasteiger partial charge on any atom is 0.280 e. The van der Waals surface area contributed by atoms with E-state index in [9.17, 15) is 13.2 Å². The molecule has 0 saturated carbocycles. The van der Waals surface area contributed by atoms with Crippen molar-refractivity contribution in [2.45, 2.75) is 11.8 Å². The van der Waals surface area contributed by atoms with Gasteiger partial charge >= 0.3 is 0 Å². The van der Waals surface area contributed by atoms with Crippen LogP contribution < -0.4 is 14.9 Å².